The SMILES string of the molecule is NC1=NC2(CCN(C(=O)N[C@H]3CC(=O)N(Cc4ccccc4)C3)CC2)C(=O)N1. The van der Waals surface area contributed by atoms with Gasteiger partial charge < -0.3 is 20.9 Å². The number of piperidine rings is 1. The van der Waals surface area contributed by atoms with Gasteiger partial charge in [-0.1, -0.05) is 30.3 Å². The lowest BCUT2D eigenvalue weighted by atomic mass is 9.88. The Bertz CT molecular complexity index is 816. The number of guanidine groups is 1. The minimum absolute atomic E-state index is 0.0409. The molecule has 4 amide bonds. The number of urea groups is 1. The van der Waals surface area contributed by atoms with E-state index in [0.717, 1.165) is 5.56 Å². The second kappa shape index (κ2) is 7.14. The minimum Gasteiger partial charge on any atom is -0.370 e. The normalized spacial score (nSPS) is 23.7. The van der Waals surface area contributed by atoms with Gasteiger partial charge in [-0.25, -0.2) is 9.79 Å². The number of rotatable bonds is 3. The third kappa shape index (κ3) is 3.51. The van der Waals surface area contributed by atoms with E-state index in [1.807, 2.05) is 30.3 Å². The zero-order chi connectivity index (χ0) is 19.7. The number of nitrogens with two attached hydrogens (primary N) is 1. The summed E-state index contributed by atoms with van der Waals surface area (Å²) in [7, 11) is 0. The number of hydrogen-bond acceptors (Lipinski definition) is 5. The molecule has 148 valence electrons. The molecule has 3 aliphatic heterocycles. The topological polar surface area (TPSA) is 120 Å². The molecule has 0 aliphatic carbocycles. The van der Waals surface area contributed by atoms with Gasteiger partial charge in [-0.15, -0.1) is 0 Å². The molecular formula is C19H24N6O3. The molecule has 3 heterocycles. The molecule has 4 rings (SSSR count). The second-order valence-corrected chi connectivity index (χ2v) is 7.58. The molecule has 2 fully saturated rings. The van der Waals surface area contributed by atoms with Crippen LogP contribution in [-0.4, -0.2) is 64.8 Å². The predicted octanol–water partition coefficient (Wildman–Crippen LogP) is -0.224. The van der Waals surface area contributed by atoms with Crippen LogP contribution in [0.15, 0.2) is 35.3 Å². The minimum atomic E-state index is -0.837. The van der Waals surface area contributed by atoms with E-state index in [9.17, 15) is 14.4 Å². The maximum absolute atomic E-state index is 12.6. The van der Waals surface area contributed by atoms with Gasteiger partial charge in [0.15, 0.2) is 5.96 Å². The monoisotopic (exact) mass is 384 g/mol. The fourth-order valence-corrected chi connectivity index (χ4v) is 4.05. The number of nitrogens with one attached hydrogen (secondary N) is 2. The van der Waals surface area contributed by atoms with Gasteiger partial charge in [0.2, 0.25) is 5.91 Å². The Labute approximate surface area is 162 Å². The van der Waals surface area contributed by atoms with Crippen LogP contribution in [-0.2, 0) is 16.1 Å². The lowest BCUT2D eigenvalue weighted by molar-refractivity contribution is -0.128. The van der Waals surface area contributed by atoms with E-state index in [2.05, 4.69) is 15.6 Å². The van der Waals surface area contributed by atoms with Crippen LogP contribution in [0.3, 0.4) is 0 Å². The van der Waals surface area contributed by atoms with Gasteiger partial charge in [-0.05, 0) is 18.4 Å². The molecule has 3 aliphatic rings. The van der Waals surface area contributed by atoms with E-state index in [1.54, 1.807) is 9.80 Å². The Balaban J connectivity index is 1.29. The van der Waals surface area contributed by atoms with Crippen molar-refractivity contribution in [3.05, 3.63) is 35.9 Å². The van der Waals surface area contributed by atoms with Crippen molar-refractivity contribution >= 4 is 23.8 Å². The highest BCUT2D eigenvalue weighted by atomic mass is 16.2. The van der Waals surface area contributed by atoms with Crippen LogP contribution in [0.1, 0.15) is 24.8 Å². The van der Waals surface area contributed by atoms with E-state index >= 15 is 0 Å². The number of carbonyl (C=O) groups excluding carboxylic acids is 3. The molecule has 0 saturated carbocycles. The zero-order valence-corrected chi connectivity index (χ0v) is 15.6. The predicted molar refractivity (Wildman–Crippen MR) is 102 cm³/mol. The number of hydrogen-bond donors (Lipinski definition) is 3. The van der Waals surface area contributed by atoms with Crippen LogP contribution < -0.4 is 16.4 Å². The molecule has 1 spiro atoms. The van der Waals surface area contributed by atoms with E-state index in [1.165, 1.54) is 0 Å². The number of aliphatic imine (C=N–C) groups is 1. The van der Waals surface area contributed by atoms with E-state index in [-0.39, 0.29) is 29.8 Å². The first kappa shape index (κ1) is 18.3. The Hall–Kier alpha value is -3.10. The first-order valence-corrected chi connectivity index (χ1v) is 9.49. The first-order valence-electron chi connectivity index (χ1n) is 9.49. The largest absolute Gasteiger partial charge is 0.370 e. The summed E-state index contributed by atoms with van der Waals surface area (Å²) >= 11 is 0. The van der Waals surface area contributed by atoms with Crippen LogP contribution in [0.25, 0.3) is 0 Å². The summed E-state index contributed by atoms with van der Waals surface area (Å²) in [5.74, 6) is -0.00642. The summed E-state index contributed by atoms with van der Waals surface area (Å²) < 4.78 is 0. The highest BCUT2D eigenvalue weighted by Crippen LogP contribution is 2.29. The van der Waals surface area contributed by atoms with Gasteiger partial charge in [0, 0.05) is 32.6 Å². The summed E-state index contributed by atoms with van der Waals surface area (Å²) in [6.45, 7) is 1.89. The van der Waals surface area contributed by atoms with Crippen molar-refractivity contribution in [2.24, 2.45) is 10.7 Å². The van der Waals surface area contributed by atoms with Gasteiger partial charge in [0.1, 0.15) is 5.54 Å². The van der Waals surface area contributed by atoms with E-state index in [0.29, 0.717) is 45.4 Å². The Morgan fingerprint density at radius 1 is 1.25 bits per heavy atom. The summed E-state index contributed by atoms with van der Waals surface area (Å²) in [5, 5.41) is 5.49. The quantitative estimate of drug-likeness (QED) is 0.667. The Kier molecular flexibility index (Phi) is 4.66. The highest BCUT2D eigenvalue weighted by Gasteiger charge is 2.46. The maximum Gasteiger partial charge on any atom is 0.317 e. The maximum atomic E-state index is 12.6. The fourth-order valence-electron chi connectivity index (χ4n) is 4.05. The van der Waals surface area contributed by atoms with Crippen LogP contribution >= 0.6 is 0 Å². The number of amides is 4. The van der Waals surface area contributed by atoms with Gasteiger partial charge >= 0.3 is 6.03 Å². The zero-order valence-electron chi connectivity index (χ0n) is 15.6. The molecule has 2 saturated heterocycles. The molecular weight excluding hydrogens is 360 g/mol. The highest BCUT2D eigenvalue weighted by molar-refractivity contribution is 6.06. The third-order valence-corrected chi connectivity index (χ3v) is 5.63. The number of likely N-dealkylation sites (tertiary alicyclic amines) is 2. The third-order valence-electron chi connectivity index (χ3n) is 5.63. The standard InChI is InChI=1S/C19H24N6O3/c20-17-22-16(27)19(23-17)6-8-24(9-7-19)18(28)21-14-10-15(26)25(12-14)11-13-4-2-1-3-5-13/h1-5,14H,6-12H2,(H,21,28)(H3,20,22,23,27)/t14-/m0/s1. The molecule has 0 aromatic heterocycles. The van der Waals surface area contributed by atoms with Crippen LogP contribution in [0.5, 0.6) is 0 Å². The molecule has 4 N–H and O–H groups in total. The Morgan fingerprint density at radius 3 is 2.61 bits per heavy atom. The molecule has 28 heavy (non-hydrogen) atoms. The lowest BCUT2D eigenvalue weighted by Gasteiger charge is -2.35. The fraction of sp³-hybridized carbons (Fsp3) is 0.474. The average Bonchev–Trinajstić information content (AvgIpc) is 3.15. The molecule has 1 atom stereocenters. The van der Waals surface area contributed by atoms with Crippen molar-refractivity contribution in [3.63, 3.8) is 0 Å². The van der Waals surface area contributed by atoms with Crippen molar-refractivity contribution in [1.82, 2.24) is 20.4 Å². The van der Waals surface area contributed by atoms with Gasteiger partial charge in [-0.3, -0.25) is 14.9 Å². The smallest absolute Gasteiger partial charge is 0.317 e. The molecule has 0 unspecified atom stereocenters. The van der Waals surface area contributed by atoms with E-state index in [4.69, 9.17) is 5.73 Å². The van der Waals surface area contributed by atoms with Crippen molar-refractivity contribution < 1.29 is 14.4 Å². The second-order valence-electron chi connectivity index (χ2n) is 7.58. The molecule has 0 radical (unpaired) electrons. The van der Waals surface area contributed by atoms with Gasteiger partial charge in [0.05, 0.1) is 6.04 Å². The average molecular weight is 384 g/mol. The van der Waals surface area contributed by atoms with Crippen molar-refractivity contribution in [2.45, 2.75) is 37.4 Å². The number of carbonyl (C=O) groups is 3. The molecule has 9 nitrogen and oxygen atoms in total. The summed E-state index contributed by atoms with van der Waals surface area (Å²) in [4.78, 5) is 44.6. The molecule has 1 aromatic rings. The first-order chi connectivity index (χ1) is 13.4. The summed E-state index contributed by atoms with van der Waals surface area (Å²) in [5.41, 5.74) is 5.84. The summed E-state index contributed by atoms with van der Waals surface area (Å²) in [6.07, 6.45) is 1.19. The van der Waals surface area contributed by atoms with Crippen LogP contribution in [0.2, 0.25) is 0 Å². The molecule has 1 aromatic carbocycles. The van der Waals surface area contributed by atoms with Crippen LogP contribution in [0, 0.1) is 0 Å². The molecule has 9 heteroatoms. The lowest BCUT2D eigenvalue weighted by Crippen LogP contribution is -2.54. The van der Waals surface area contributed by atoms with Gasteiger partial charge in [-0.2, -0.15) is 0 Å². The van der Waals surface area contributed by atoms with Crippen molar-refractivity contribution in [2.75, 3.05) is 19.6 Å². The van der Waals surface area contributed by atoms with Gasteiger partial charge in [0.25, 0.3) is 5.91 Å². The number of nitrogens with zero attached hydrogens (tertiary/aromatic N) is 3. The van der Waals surface area contributed by atoms with Crippen LogP contribution in [0.4, 0.5) is 4.79 Å². The molecule has 0 bridgehead atoms. The Morgan fingerprint density at radius 2 is 1.96 bits per heavy atom. The van der Waals surface area contributed by atoms with Crippen molar-refractivity contribution in [3.8, 4) is 0 Å². The summed E-state index contributed by atoms with van der Waals surface area (Å²) in [6, 6.07) is 9.39. The number of benzene rings is 1. The van der Waals surface area contributed by atoms with E-state index < -0.39 is 5.54 Å². The van der Waals surface area contributed by atoms with Crippen molar-refractivity contribution in [1.29, 1.82) is 0 Å².